The second kappa shape index (κ2) is 10.6. The Bertz CT molecular complexity index is 724. The Labute approximate surface area is 164 Å². The molecule has 0 spiro atoms. The zero-order chi connectivity index (χ0) is 19.6. The fraction of sp³-hybridized carbons (Fsp3) is 0.350. The zero-order valence-corrected chi connectivity index (χ0v) is 16.9. The molecule has 0 aromatic heterocycles. The lowest BCUT2D eigenvalue weighted by Crippen LogP contribution is -2.24. The van der Waals surface area contributed by atoms with E-state index in [9.17, 15) is 4.79 Å². The predicted octanol–water partition coefficient (Wildman–Crippen LogP) is 3.52. The van der Waals surface area contributed by atoms with Crippen molar-refractivity contribution in [1.82, 2.24) is 5.32 Å². The lowest BCUT2D eigenvalue weighted by Gasteiger charge is -2.14. The van der Waals surface area contributed by atoms with E-state index in [1.165, 1.54) is 11.8 Å². The largest absolute Gasteiger partial charge is 0.494 e. The average Bonchev–Trinajstić information content (AvgIpc) is 2.71. The molecule has 0 saturated carbocycles. The van der Waals surface area contributed by atoms with Crippen LogP contribution in [0.2, 0.25) is 0 Å². The summed E-state index contributed by atoms with van der Waals surface area (Å²) in [5.41, 5.74) is 0.865. The van der Waals surface area contributed by atoms with Crippen LogP contribution in [0, 0.1) is 0 Å². The van der Waals surface area contributed by atoms with E-state index in [1.807, 2.05) is 43.3 Å². The third-order valence-electron chi connectivity index (χ3n) is 3.72. The van der Waals surface area contributed by atoms with Crippen LogP contribution in [0.25, 0.3) is 0 Å². The molecule has 0 heterocycles. The Kier molecular flexibility index (Phi) is 8.13. The third-order valence-corrected chi connectivity index (χ3v) is 4.73. The predicted molar refractivity (Wildman–Crippen MR) is 106 cm³/mol. The Hall–Kier alpha value is -2.54. The maximum atomic E-state index is 12.1. The van der Waals surface area contributed by atoms with Gasteiger partial charge in [-0.2, -0.15) is 0 Å². The minimum atomic E-state index is -0.0531. The van der Waals surface area contributed by atoms with Crippen molar-refractivity contribution in [3.8, 4) is 23.0 Å². The number of carbonyl (C=O) groups excluding carboxylic acids is 1. The maximum Gasteiger partial charge on any atom is 0.230 e. The highest BCUT2D eigenvalue weighted by Gasteiger charge is 2.13. The normalized spacial score (nSPS) is 10.2. The first-order valence-corrected chi connectivity index (χ1v) is 9.51. The highest BCUT2D eigenvalue weighted by molar-refractivity contribution is 8.00. The molecule has 0 radical (unpaired) electrons. The maximum absolute atomic E-state index is 12.1. The third kappa shape index (κ3) is 5.99. The molecule has 2 rings (SSSR count). The monoisotopic (exact) mass is 391 g/mol. The van der Waals surface area contributed by atoms with Gasteiger partial charge in [-0.3, -0.25) is 4.79 Å². The molecule has 0 aliphatic heterocycles. The summed E-state index contributed by atoms with van der Waals surface area (Å²) in [4.78, 5) is 13.2. The van der Waals surface area contributed by atoms with Crippen LogP contribution in [-0.2, 0) is 11.3 Å². The number of carbonyl (C=O) groups is 1. The van der Waals surface area contributed by atoms with Crippen LogP contribution in [-0.4, -0.2) is 39.6 Å². The molecule has 146 valence electrons. The number of amides is 1. The number of hydrogen-bond donors (Lipinski definition) is 1. The van der Waals surface area contributed by atoms with Gasteiger partial charge in [-0.25, -0.2) is 0 Å². The summed E-state index contributed by atoms with van der Waals surface area (Å²) in [7, 11) is 4.68. The topological polar surface area (TPSA) is 66.0 Å². The average molecular weight is 391 g/mol. The fourth-order valence-corrected chi connectivity index (χ4v) is 3.17. The van der Waals surface area contributed by atoms with Gasteiger partial charge in [0.1, 0.15) is 5.75 Å². The minimum absolute atomic E-state index is 0.0531. The minimum Gasteiger partial charge on any atom is -0.494 e. The van der Waals surface area contributed by atoms with Crippen LogP contribution in [0.5, 0.6) is 23.0 Å². The van der Waals surface area contributed by atoms with E-state index in [2.05, 4.69) is 5.32 Å². The first-order valence-electron chi connectivity index (χ1n) is 8.52. The summed E-state index contributed by atoms with van der Waals surface area (Å²) in [6, 6.07) is 11.3. The number of methoxy groups -OCH3 is 3. The van der Waals surface area contributed by atoms with Crippen molar-refractivity contribution in [2.24, 2.45) is 0 Å². The van der Waals surface area contributed by atoms with Crippen molar-refractivity contribution in [1.29, 1.82) is 0 Å². The number of hydrogen-bond acceptors (Lipinski definition) is 6. The zero-order valence-electron chi connectivity index (χ0n) is 16.0. The lowest BCUT2D eigenvalue weighted by molar-refractivity contribution is -0.118. The number of ether oxygens (including phenoxy) is 4. The molecule has 0 unspecified atom stereocenters. The molecule has 0 fully saturated rings. The van der Waals surface area contributed by atoms with Gasteiger partial charge in [0.15, 0.2) is 11.5 Å². The van der Waals surface area contributed by atoms with Crippen molar-refractivity contribution in [2.75, 3.05) is 33.7 Å². The van der Waals surface area contributed by atoms with E-state index in [1.54, 1.807) is 21.3 Å². The molecule has 7 heteroatoms. The van der Waals surface area contributed by atoms with Crippen molar-refractivity contribution in [2.45, 2.75) is 18.4 Å². The number of benzene rings is 2. The fourth-order valence-electron chi connectivity index (χ4n) is 2.44. The molecule has 1 N–H and O–H groups in total. The molecule has 0 aliphatic rings. The van der Waals surface area contributed by atoms with Crippen LogP contribution in [0.15, 0.2) is 41.3 Å². The van der Waals surface area contributed by atoms with E-state index in [0.717, 1.165) is 16.2 Å². The van der Waals surface area contributed by atoms with Gasteiger partial charge in [0.05, 0.1) is 33.7 Å². The van der Waals surface area contributed by atoms with Gasteiger partial charge in [-0.1, -0.05) is 0 Å². The van der Waals surface area contributed by atoms with Crippen LogP contribution in [0.4, 0.5) is 0 Å². The van der Waals surface area contributed by atoms with Crippen LogP contribution in [0.3, 0.4) is 0 Å². The molecule has 27 heavy (non-hydrogen) atoms. The Balaban J connectivity index is 1.89. The van der Waals surface area contributed by atoms with E-state index in [4.69, 9.17) is 18.9 Å². The van der Waals surface area contributed by atoms with Crippen LogP contribution in [0.1, 0.15) is 12.5 Å². The Morgan fingerprint density at radius 1 is 1.00 bits per heavy atom. The molecule has 2 aromatic carbocycles. The Morgan fingerprint density at radius 3 is 2.15 bits per heavy atom. The van der Waals surface area contributed by atoms with E-state index >= 15 is 0 Å². The van der Waals surface area contributed by atoms with E-state index in [-0.39, 0.29) is 5.91 Å². The Morgan fingerprint density at radius 2 is 1.63 bits per heavy atom. The second-order valence-corrected chi connectivity index (χ2v) is 6.55. The SMILES string of the molecule is CCOc1ccc(SCC(=O)NCc2cc(OC)c(OC)c(OC)c2)cc1. The van der Waals surface area contributed by atoms with Gasteiger partial charge in [0.2, 0.25) is 11.7 Å². The number of nitrogens with one attached hydrogen (secondary N) is 1. The smallest absolute Gasteiger partial charge is 0.230 e. The summed E-state index contributed by atoms with van der Waals surface area (Å²) in [5.74, 6) is 2.76. The first-order chi connectivity index (χ1) is 13.1. The van der Waals surface area contributed by atoms with Crippen molar-refractivity contribution in [3.05, 3.63) is 42.0 Å². The molecule has 0 bridgehead atoms. The highest BCUT2D eigenvalue weighted by atomic mass is 32.2. The van der Waals surface area contributed by atoms with E-state index < -0.39 is 0 Å². The summed E-state index contributed by atoms with van der Waals surface area (Å²) in [6.45, 7) is 2.95. The van der Waals surface area contributed by atoms with E-state index in [0.29, 0.717) is 36.2 Å². The number of rotatable bonds is 10. The van der Waals surface area contributed by atoms with Gasteiger partial charge in [0, 0.05) is 11.4 Å². The van der Waals surface area contributed by atoms with Crippen LogP contribution < -0.4 is 24.3 Å². The van der Waals surface area contributed by atoms with Gasteiger partial charge in [0.25, 0.3) is 0 Å². The van der Waals surface area contributed by atoms with Gasteiger partial charge in [-0.15, -0.1) is 11.8 Å². The molecule has 2 aromatic rings. The highest BCUT2D eigenvalue weighted by Crippen LogP contribution is 2.38. The summed E-state index contributed by atoms with van der Waals surface area (Å²) >= 11 is 1.47. The molecular formula is C20H25NO5S. The second-order valence-electron chi connectivity index (χ2n) is 5.50. The molecule has 0 aliphatic carbocycles. The lowest BCUT2D eigenvalue weighted by atomic mass is 10.2. The number of thioether (sulfide) groups is 1. The molecule has 6 nitrogen and oxygen atoms in total. The quantitative estimate of drug-likeness (QED) is 0.625. The van der Waals surface area contributed by atoms with Crippen molar-refractivity contribution < 1.29 is 23.7 Å². The van der Waals surface area contributed by atoms with Gasteiger partial charge < -0.3 is 24.3 Å². The first kappa shape index (κ1) is 20.8. The van der Waals surface area contributed by atoms with Crippen LogP contribution >= 0.6 is 11.8 Å². The van der Waals surface area contributed by atoms with Crippen molar-refractivity contribution in [3.63, 3.8) is 0 Å². The van der Waals surface area contributed by atoms with Crippen molar-refractivity contribution >= 4 is 17.7 Å². The summed E-state index contributed by atoms with van der Waals surface area (Å²) in [5, 5.41) is 2.90. The summed E-state index contributed by atoms with van der Waals surface area (Å²) in [6.07, 6.45) is 0. The van der Waals surface area contributed by atoms with Gasteiger partial charge >= 0.3 is 0 Å². The molecule has 0 saturated heterocycles. The molecular weight excluding hydrogens is 366 g/mol. The molecule has 0 atom stereocenters. The molecule has 1 amide bonds. The standard InChI is InChI=1S/C20H25NO5S/c1-5-26-15-6-8-16(9-7-15)27-13-19(22)21-12-14-10-17(23-2)20(25-4)18(11-14)24-3/h6-11H,5,12-13H2,1-4H3,(H,21,22). The summed E-state index contributed by atoms with van der Waals surface area (Å²) < 4.78 is 21.4. The van der Waals surface area contributed by atoms with Gasteiger partial charge in [-0.05, 0) is 48.9 Å².